The van der Waals surface area contributed by atoms with Gasteiger partial charge in [0, 0.05) is 19.0 Å². The molecule has 1 aromatic rings. The molecule has 1 N–H and O–H groups in total. The lowest BCUT2D eigenvalue weighted by atomic mass is 9.98. The maximum Gasteiger partial charge on any atom is 0.305 e. The normalized spacial score (nSPS) is 21.0. The Hall–Kier alpha value is -2.90. The molecule has 1 fully saturated rings. The first kappa shape index (κ1) is 19.9. The molecule has 3 amide bonds. The molecule has 1 aromatic carbocycles. The summed E-state index contributed by atoms with van der Waals surface area (Å²) in [5, 5.41) is 8.95. The number of hydrogen-bond donors (Lipinski definition) is 1. The van der Waals surface area contributed by atoms with Gasteiger partial charge in [0.05, 0.1) is 17.7 Å². The number of aliphatic carboxylic acids is 1. The van der Waals surface area contributed by atoms with Crippen LogP contribution in [0.15, 0.2) is 24.3 Å². The van der Waals surface area contributed by atoms with Crippen LogP contribution in [0.5, 0.6) is 0 Å². The lowest BCUT2D eigenvalue weighted by molar-refractivity contribution is -0.140. The summed E-state index contributed by atoms with van der Waals surface area (Å²) in [6.07, 6.45) is 0.578. The molecule has 0 spiro atoms. The Morgan fingerprint density at radius 2 is 1.93 bits per heavy atom. The molecule has 0 radical (unpaired) electrons. The number of carbonyl (C=O) groups excluding carboxylic acids is 3. The molecule has 0 bridgehead atoms. The standard InChI is InChI=1S/C20H25N3O5/c1-13(2)21(11-9-18(26)27)17(25)12-22-19(28)14-6-4-5-7-15(14)23-16(24)8-10-20(22,23)3/h4-7,13H,8-12H2,1-3H3,(H,26,27). The molecule has 1 saturated heterocycles. The fraction of sp³-hybridized carbons (Fsp3) is 0.500. The molecule has 0 saturated carbocycles. The van der Waals surface area contributed by atoms with Gasteiger partial charge in [0.2, 0.25) is 11.8 Å². The molecule has 28 heavy (non-hydrogen) atoms. The lowest BCUT2D eigenvalue weighted by Crippen LogP contribution is -2.64. The van der Waals surface area contributed by atoms with E-state index in [1.807, 2.05) is 0 Å². The van der Waals surface area contributed by atoms with Crippen LogP contribution in [0.2, 0.25) is 0 Å². The maximum atomic E-state index is 13.2. The maximum absolute atomic E-state index is 13.2. The highest BCUT2D eigenvalue weighted by Gasteiger charge is 2.53. The van der Waals surface area contributed by atoms with Gasteiger partial charge in [0.1, 0.15) is 12.2 Å². The fourth-order valence-electron chi connectivity index (χ4n) is 4.05. The van der Waals surface area contributed by atoms with E-state index in [4.69, 9.17) is 5.11 Å². The summed E-state index contributed by atoms with van der Waals surface area (Å²) in [6.45, 7) is 5.28. The highest BCUT2D eigenvalue weighted by atomic mass is 16.4. The van der Waals surface area contributed by atoms with Gasteiger partial charge in [-0.05, 0) is 39.3 Å². The molecule has 8 nitrogen and oxygen atoms in total. The number of nitrogens with zero attached hydrogens (tertiary/aromatic N) is 3. The topological polar surface area (TPSA) is 98.2 Å². The first-order chi connectivity index (χ1) is 13.2. The van der Waals surface area contributed by atoms with E-state index >= 15 is 0 Å². The Balaban J connectivity index is 1.92. The zero-order valence-electron chi connectivity index (χ0n) is 16.3. The number of para-hydroxylation sites is 1. The molecule has 150 valence electrons. The molecule has 2 aliphatic heterocycles. The predicted molar refractivity (Wildman–Crippen MR) is 102 cm³/mol. The quantitative estimate of drug-likeness (QED) is 0.801. The molecular weight excluding hydrogens is 362 g/mol. The number of rotatable bonds is 6. The number of anilines is 1. The van der Waals surface area contributed by atoms with Gasteiger partial charge in [-0.2, -0.15) is 0 Å². The number of amides is 3. The Kier molecular flexibility index (Phi) is 5.14. The van der Waals surface area contributed by atoms with E-state index in [9.17, 15) is 19.2 Å². The summed E-state index contributed by atoms with van der Waals surface area (Å²) >= 11 is 0. The van der Waals surface area contributed by atoms with Crippen LogP contribution in [-0.4, -0.2) is 63.4 Å². The van der Waals surface area contributed by atoms with Gasteiger partial charge in [-0.1, -0.05) is 12.1 Å². The summed E-state index contributed by atoms with van der Waals surface area (Å²) in [6, 6.07) is 6.72. The minimum absolute atomic E-state index is 0.0732. The summed E-state index contributed by atoms with van der Waals surface area (Å²) in [4.78, 5) is 54.2. The second kappa shape index (κ2) is 7.26. The molecule has 8 heteroatoms. The van der Waals surface area contributed by atoms with Crippen molar-refractivity contribution in [2.24, 2.45) is 0 Å². The second-order valence-corrected chi connectivity index (χ2v) is 7.68. The van der Waals surface area contributed by atoms with Gasteiger partial charge in [0.25, 0.3) is 5.91 Å². The molecule has 2 heterocycles. The summed E-state index contributed by atoms with van der Waals surface area (Å²) in [7, 11) is 0. The number of carboxylic acids is 1. The van der Waals surface area contributed by atoms with Crippen molar-refractivity contribution in [1.82, 2.24) is 9.80 Å². The van der Waals surface area contributed by atoms with E-state index < -0.39 is 11.6 Å². The van der Waals surface area contributed by atoms with Crippen molar-refractivity contribution < 1.29 is 24.3 Å². The summed E-state index contributed by atoms with van der Waals surface area (Å²) in [5.41, 5.74) is 0.0608. The predicted octanol–water partition coefficient (Wildman–Crippen LogP) is 1.70. The van der Waals surface area contributed by atoms with Crippen LogP contribution >= 0.6 is 0 Å². The van der Waals surface area contributed by atoms with Crippen LogP contribution in [0.25, 0.3) is 0 Å². The molecule has 2 aliphatic rings. The zero-order chi connectivity index (χ0) is 20.6. The van der Waals surface area contributed by atoms with Crippen molar-refractivity contribution in [2.45, 2.75) is 51.7 Å². The van der Waals surface area contributed by atoms with Crippen LogP contribution in [0, 0.1) is 0 Å². The van der Waals surface area contributed by atoms with Gasteiger partial charge in [0.15, 0.2) is 0 Å². The van der Waals surface area contributed by atoms with E-state index in [0.29, 0.717) is 24.1 Å². The largest absolute Gasteiger partial charge is 0.481 e. The molecule has 1 unspecified atom stereocenters. The number of carbonyl (C=O) groups is 4. The van der Waals surface area contributed by atoms with E-state index in [1.165, 1.54) is 9.80 Å². The van der Waals surface area contributed by atoms with Crippen molar-refractivity contribution in [3.8, 4) is 0 Å². The van der Waals surface area contributed by atoms with Gasteiger partial charge < -0.3 is 14.9 Å². The van der Waals surface area contributed by atoms with Crippen LogP contribution in [0.3, 0.4) is 0 Å². The van der Waals surface area contributed by atoms with Crippen molar-refractivity contribution in [1.29, 1.82) is 0 Å². The average Bonchev–Trinajstić information content (AvgIpc) is 2.94. The van der Waals surface area contributed by atoms with Crippen molar-refractivity contribution >= 4 is 29.4 Å². The minimum Gasteiger partial charge on any atom is -0.481 e. The molecule has 1 atom stereocenters. The summed E-state index contributed by atoms with van der Waals surface area (Å²) < 4.78 is 0. The number of benzene rings is 1. The smallest absolute Gasteiger partial charge is 0.305 e. The lowest BCUT2D eigenvalue weighted by Gasteiger charge is -2.48. The first-order valence-electron chi connectivity index (χ1n) is 9.42. The van der Waals surface area contributed by atoms with E-state index in [2.05, 4.69) is 0 Å². The Labute approximate surface area is 163 Å². The van der Waals surface area contributed by atoms with Crippen LogP contribution < -0.4 is 4.90 Å². The molecular formula is C20H25N3O5. The Morgan fingerprint density at radius 3 is 2.57 bits per heavy atom. The monoisotopic (exact) mass is 387 g/mol. The third-order valence-electron chi connectivity index (χ3n) is 5.55. The van der Waals surface area contributed by atoms with Crippen molar-refractivity contribution in [3.05, 3.63) is 29.8 Å². The number of carboxylic acid groups (broad SMARTS) is 1. The third-order valence-corrected chi connectivity index (χ3v) is 5.55. The third kappa shape index (κ3) is 3.23. The Morgan fingerprint density at radius 1 is 1.25 bits per heavy atom. The van der Waals surface area contributed by atoms with E-state index in [0.717, 1.165) is 0 Å². The average molecular weight is 387 g/mol. The van der Waals surface area contributed by atoms with Gasteiger partial charge >= 0.3 is 5.97 Å². The van der Waals surface area contributed by atoms with Crippen LogP contribution in [-0.2, 0) is 14.4 Å². The van der Waals surface area contributed by atoms with Gasteiger partial charge in [-0.3, -0.25) is 24.1 Å². The van der Waals surface area contributed by atoms with Crippen LogP contribution in [0.1, 0.15) is 50.4 Å². The highest BCUT2D eigenvalue weighted by molar-refractivity contribution is 6.11. The summed E-state index contributed by atoms with van der Waals surface area (Å²) in [5.74, 6) is -1.68. The highest BCUT2D eigenvalue weighted by Crippen LogP contribution is 2.43. The van der Waals surface area contributed by atoms with E-state index in [-0.39, 0.29) is 43.3 Å². The number of hydrogen-bond acceptors (Lipinski definition) is 4. The first-order valence-corrected chi connectivity index (χ1v) is 9.42. The van der Waals surface area contributed by atoms with Crippen LogP contribution in [0.4, 0.5) is 5.69 Å². The Bertz CT molecular complexity index is 837. The van der Waals surface area contributed by atoms with Crippen molar-refractivity contribution in [3.63, 3.8) is 0 Å². The zero-order valence-corrected chi connectivity index (χ0v) is 16.3. The second-order valence-electron chi connectivity index (χ2n) is 7.68. The number of fused-ring (bicyclic) bond motifs is 3. The molecule has 0 aliphatic carbocycles. The van der Waals surface area contributed by atoms with Gasteiger partial charge in [-0.15, -0.1) is 0 Å². The fourth-order valence-corrected chi connectivity index (χ4v) is 4.05. The molecule has 0 aromatic heterocycles. The van der Waals surface area contributed by atoms with Crippen molar-refractivity contribution in [2.75, 3.05) is 18.0 Å². The van der Waals surface area contributed by atoms with E-state index in [1.54, 1.807) is 49.9 Å². The minimum atomic E-state index is -0.985. The van der Waals surface area contributed by atoms with Gasteiger partial charge in [-0.25, -0.2) is 0 Å². The SMILES string of the molecule is CC(C)N(CCC(=O)O)C(=O)CN1C(=O)c2ccccc2N2C(=O)CCC12C. The molecule has 3 rings (SSSR count).